The maximum absolute atomic E-state index is 5.58. The van der Waals surface area contributed by atoms with Gasteiger partial charge in [0.1, 0.15) is 5.01 Å². The summed E-state index contributed by atoms with van der Waals surface area (Å²) in [6.45, 7) is 7.66. The summed E-state index contributed by atoms with van der Waals surface area (Å²) in [5.74, 6) is 0.872. The molecule has 3 rings (SSSR count). The largest absolute Gasteiger partial charge is 0.379 e. The van der Waals surface area contributed by atoms with Crippen molar-refractivity contribution in [3.8, 4) is 0 Å². The molecule has 0 spiro atoms. The third kappa shape index (κ3) is 6.27. The van der Waals surface area contributed by atoms with E-state index in [1.165, 1.54) is 37.0 Å². The Kier molecular flexibility index (Phi) is 9.75. The highest BCUT2D eigenvalue weighted by Gasteiger charge is 2.38. The lowest BCUT2D eigenvalue weighted by molar-refractivity contribution is -0.0352. The highest BCUT2D eigenvalue weighted by molar-refractivity contribution is 14.0. The Balaban J connectivity index is 0.00000261. The van der Waals surface area contributed by atoms with E-state index in [-0.39, 0.29) is 29.5 Å². The number of aliphatic imine (C=N–C) groups is 1. The van der Waals surface area contributed by atoms with Crippen LogP contribution in [0.1, 0.15) is 48.9 Å². The van der Waals surface area contributed by atoms with Gasteiger partial charge >= 0.3 is 0 Å². The van der Waals surface area contributed by atoms with E-state index in [0.717, 1.165) is 56.8 Å². The van der Waals surface area contributed by atoms with Crippen molar-refractivity contribution < 1.29 is 4.74 Å². The quantitative estimate of drug-likeness (QED) is 0.352. The summed E-state index contributed by atoms with van der Waals surface area (Å²) in [5.41, 5.74) is 0.246. The van der Waals surface area contributed by atoms with Gasteiger partial charge in [0.15, 0.2) is 5.96 Å². The zero-order valence-corrected chi connectivity index (χ0v) is 19.8. The lowest BCUT2D eigenvalue weighted by atomic mass is 9.80. The van der Waals surface area contributed by atoms with Crippen LogP contribution >= 0.6 is 35.3 Å². The third-order valence-electron chi connectivity index (χ3n) is 5.63. The van der Waals surface area contributed by atoms with Gasteiger partial charge in [-0.25, -0.2) is 4.98 Å². The van der Waals surface area contributed by atoms with E-state index in [9.17, 15) is 0 Å². The number of hydrogen-bond donors (Lipinski definition) is 2. The molecule has 1 aromatic heterocycles. The standard InChI is InChI=1S/C19H33N5OS.HI/c1-3-16-13-21-17(26-16)14-22-18(20-2)23-15-19(7-5-4-6-8-19)24-9-11-25-12-10-24;/h13H,3-12,14-15H2,1-2H3,(H2,20,22,23);1H. The molecule has 0 unspecified atom stereocenters. The van der Waals surface area contributed by atoms with Crippen molar-refractivity contribution in [2.24, 2.45) is 4.99 Å². The van der Waals surface area contributed by atoms with Gasteiger partial charge in [0.25, 0.3) is 0 Å². The van der Waals surface area contributed by atoms with Crippen LogP contribution in [0.2, 0.25) is 0 Å². The number of hydrogen-bond acceptors (Lipinski definition) is 5. The SMILES string of the molecule is CCc1cnc(CNC(=NC)NCC2(N3CCOCC3)CCCCC2)s1.I. The molecule has 0 amide bonds. The van der Waals surface area contributed by atoms with Crippen LogP contribution in [0, 0.1) is 0 Å². The molecule has 1 aliphatic heterocycles. The molecule has 0 atom stereocenters. The molecule has 1 saturated heterocycles. The Morgan fingerprint density at radius 3 is 2.63 bits per heavy atom. The Hall–Kier alpha value is -0.450. The number of ether oxygens (including phenoxy) is 1. The van der Waals surface area contributed by atoms with Crippen molar-refractivity contribution in [3.05, 3.63) is 16.1 Å². The molecule has 2 aliphatic rings. The number of thiazole rings is 1. The van der Waals surface area contributed by atoms with Crippen LogP contribution in [0.25, 0.3) is 0 Å². The molecule has 1 saturated carbocycles. The van der Waals surface area contributed by atoms with Gasteiger partial charge in [0.05, 0.1) is 19.8 Å². The monoisotopic (exact) mass is 507 g/mol. The van der Waals surface area contributed by atoms with E-state index in [1.807, 2.05) is 13.2 Å². The number of nitrogens with one attached hydrogen (secondary N) is 2. The van der Waals surface area contributed by atoms with Crippen molar-refractivity contribution in [1.29, 1.82) is 0 Å². The average Bonchev–Trinajstić information content (AvgIpc) is 3.18. The molecule has 0 aromatic carbocycles. The topological polar surface area (TPSA) is 61.8 Å². The van der Waals surface area contributed by atoms with Gasteiger partial charge in [0.2, 0.25) is 0 Å². The zero-order valence-electron chi connectivity index (χ0n) is 16.6. The number of nitrogens with zero attached hydrogens (tertiary/aromatic N) is 3. The molecule has 2 fully saturated rings. The lowest BCUT2D eigenvalue weighted by Gasteiger charge is -2.48. The maximum atomic E-state index is 5.58. The summed E-state index contributed by atoms with van der Waals surface area (Å²) in [6.07, 6.45) is 9.57. The van der Waals surface area contributed by atoms with E-state index < -0.39 is 0 Å². The van der Waals surface area contributed by atoms with Crippen molar-refractivity contribution in [2.75, 3.05) is 39.9 Å². The fourth-order valence-corrected chi connectivity index (χ4v) is 4.88. The third-order valence-corrected chi connectivity index (χ3v) is 6.77. The highest BCUT2D eigenvalue weighted by atomic mass is 127. The summed E-state index contributed by atoms with van der Waals surface area (Å²) in [6, 6.07) is 0. The van der Waals surface area contributed by atoms with Crippen molar-refractivity contribution in [1.82, 2.24) is 20.5 Å². The van der Waals surface area contributed by atoms with E-state index in [1.54, 1.807) is 11.3 Å². The van der Waals surface area contributed by atoms with Crippen LogP contribution in [-0.2, 0) is 17.7 Å². The van der Waals surface area contributed by atoms with Crippen LogP contribution in [0.4, 0.5) is 0 Å². The number of guanidine groups is 1. The van der Waals surface area contributed by atoms with Gasteiger partial charge in [-0.05, 0) is 19.3 Å². The Bertz CT molecular complexity index is 582. The van der Waals surface area contributed by atoms with Crippen LogP contribution in [0.5, 0.6) is 0 Å². The smallest absolute Gasteiger partial charge is 0.191 e. The van der Waals surface area contributed by atoms with Gasteiger partial charge < -0.3 is 15.4 Å². The Morgan fingerprint density at radius 2 is 2.00 bits per heavy atom. The van der Waals surface area contributed by atoms with Gasteiger partial charge in [-0.3, -0.25) is 9.89 Å². The maximum Gasteiger partial charge on any atom is 0.191 e. The summed E-state index contributed by atoms with van der Waals surface area (Å²) in [4.78, 5) is 12.9. The van der Waals surface area contributed by atoms with Crippen LogP contribution in [0.15, 0.2) is 11.2 Å². The molecule has 1 aliphatic carbocycles. The lowest BCUT2D eigenvalue weighted by Crippen LogP contribution is -2.60. The van der Waals surface area contributed by atoms with Gasteiger partial charge in [-0.2, -0.15) is 0 Å². The van der Waals surface area contributed by atoms with Crippen LogP contribution in [-0.4, -0.2) is 61.3 Å². The van der Waals surface area contributed by atoms with Crippen LogP contribution in [0.3, 0.4) is 0 Å². The average molecular weight is 507 g/mol. The molecule has 27 heavy (non-hydrogen) atoms. The molecule has 6 nitrogen and oxygen atoms in total. The number of halogens is 1. The van der Waals surface area contributed by atoms with Crippen molar-refractivity contribution in [3.63, 3.8) is 0 Å². The molecule has 0 radical (unpaired) electrons. The van der Waals surface area contributed by atoms with E-state index in [4.69, 9.17) is 4.74 Å². The molecular weight excluding hydrogens is 473 g/mol. The van der Waals surface area contributed by atoms with Crippen molar-refractivity contribution in [2.45, 2.75) is 57.5 Å². The normalized spacial score (nSPS) is 20.7. The molecule has 1 aromatic rings. The minimum atomic E-state index is 0. The number of aromatic nitrogens is 1. The predicted octanol–water partition coefficient (Wildman–Crippen LogP) is 3.02. The molecular formula is C19H34IN5OS. The van der Waals surface area contributed by atoms with Gasteiger partial charge in [-0.15, -0.1) is 35.3 Å². The first-order chi connectivity index (χ1) is 12.8. The highest BCUT2D eigenvalue weighted by Crippen LogP contribution is 2.33. The first-order valence-electron chi connectivity index (χ1n) is 9.96. The molecule has 154 valence electrons. The second-order valence-electron chi connectivity index (χ2n) is 7.24. The first kappa shape index (κ1) is 22.8. The minimum absolute atomic E-state index is 0. The van der Waals surface area contributed by atoms with E-state index in [0.29, 0.717) is 0 Å². The van der Waals surface area contributed by atoms with Gasteiger partial charge in [0, 0.05) is 43.3 Å². The number of morpholine rings is 1. The van der Waals surface area contributed by atoms with Crippen molar-refractivity contribution >= 4 is 41.3 Å². The molecule has 2 N–H and O–H groups in total. The van der Waals surface area contributed by atoms with Crippen LogP contribution < -0.4 is 10.6 Å². The minimum Gasteiger partial charge on any atom is -0.379 e. The van der Waals surface area contributed by atoms with E-state index in [2.05, 4.69) is 32.4 Å². The summed E-state index contributed by atoms with van der Waals surface area (Å²) in [5, 5.41) is 8.14. The summed E-state index contributed by atoms with van der Waals surface area (Å²) >= 11 is 1.77. The molecule has 2 heterocycles. The fourth-order valence-electron chi connectivity index (χ4n) is 4.07. The molecule has 8 heteroatoms. The number of aryl methyl sites for hydroxylation is 1. The van der Waals surface area contributed by atoms with Gasteiger partial charge in [-0.1, -0.05) is 26.2 Å². The second kappa shape index (κ2) is 11.5. The summed E-state index contributed by atoms with van der Waals surface area (Å²) < 4.78 is 5.58. The fraction of sp³-hybridized carbons (Fsp3) is 0.789. The van der Waals surface area contributed by atoms with E-state index >= 15 is 0 Å². The second-order valence-corrected chi connectivity index (χ2v) is 8.44. The number of rotatable bonds is 6. The predicted molar refractivity (Wildman–Crippen MR) is 123 cm³/mol. The summed E-state index contributed by atoms with van der Waals surface area (Å²) in [7, 11) is 1.84. The zero-order chi connectivity index (χ0) is 18.2. The Labute approximate surface area is 184 Å². The molecule has 0 bridgehead atoms. The first-order valence-corrected chi connectivity index (χ1v) is 10.8. The Morgan fingerprint density at radius 1 is 1.26 bits per heavy atom.